The Hall–Kier alpha value is -3.01. The zero-order valence-electron chi connectivity index (χ0n) is 20.1. The van der Waals surface area contributed by atoms with Gasteiger partial charge in [-0.2, -0.15) is 0 Å². The molecule has 9 nitrogen and oxygen atoms in total. The number of piperidine rings is 1. The van der Waals surface area contributed by atoms with Crippen molar-refractivity contribution >= 4 is 41.1 Å². The SMILES string of the molecule is CC1(CNC(=O)OC(C)(C)C)CCN(c2cnc(Sc3cccc4c3CC(=O)N4)c(N)n2)CC1. The molecule has 4 N–H and O–H groups in total. The van der Waals surface area contributed by atoms with Crippen LogP contribution in [0.3, 0.4) is 0 Å². The number of alkyl carbamates (subject to hydrolysis) is 1. The highest BCUT2D eigenvalue weighted by molar-refractivity contribution is 7.99. The fraction of sp³-hybridized carbons (Fsp3) is 0.500. The summed E-state index contributed by atoms with van der Waals surface area (Å²) in [5.74, 6) is 1.12. The van der Waals surface area contributed by atoms with E-state index in [0.29, 0.717) is 23.8 Å². The van der Waals surface area contributed by atoms with Crippen LogP contribution in [-0.2, 0) is 16.0 Å². The van der Waals surface area contributed by atoms with E-state index in [9.17, 15) is 9.59 Å². The molecular weight excluding hydrogens is 452 g/mol. The van der Waals surface area contributed by atoms with Crippen molar-refractivity contribution in [1.29, 1.82) is 0 Å². The summed E-state index contributed by atoms with van der Waals surface area (Å²) in [4.78, 5) is 36.1. The van der Waals surface area contributed by atoms with Crippen LogP contribution in [0.2, 0.25) is 0 Å². The average Bonchev–Trinajstić information content (AvgIpc) is 3.14. The molecule has 1 aromatic heterocycles. The number of fused-ring (bicyclic) bond motifs is 1. The minimum Gasteiger partial charge on any atom is -0.444 e. The first kappa shape index (κ1) is 24.1. The first-order chi connectivity index (χ1) is 16.0. The first-order valence-electron chi connectivity index (χ1n) is 11.5. The number of nitrogen functional groups attached to an aromatic ring is 1. The van der Waals surface area contributed by atoms with E-state index in [2.05, 4.69) is 32.4 Å². The molecule has 0 spiro atoms. The molecule has 2 aliphatic rings. The summed E-state index contributed by atoms with van der Waals surface area (Å²) in [7, 11) is 0. The van der Waals surface area contributed by atoms with Crippen LogP contribution in [0, 0.1) is 5.41 Å². The molecule has 0 unspecified atom stereocenters. The van der Waals surface area contributed by atoms with Crippen LogP contribution in [0.4, 0.5) is 22.1 Å². The zero-order chi connectivity index (χ0) is 24.5. The number of hydrogen-bond acceptors (Lipinski definition) is 8. The van der Waals surface area contributed by atoms with Gasteiger partial charge in [0.2, 0.25) is 5.91 Å². The van der Waals surface area contributed by atoms with Gasteiger partial charge in [-0.3, -0.25) is 4.79 Å². The van der Waals surface area contributed by atoms with Crippen molar-refractivity contribution in [2.75, 3.05) is 35.6 Å². The van der Waals surface area contributed by atoms with E-state index >= 15 is 0 Å². The number of hydrogen-bond donors (Lipinski definition) is 3. The molecular formula is C24H32N6O3S. The van der Waals surface area contributed by atoms with Gasteiger partial charge in [-0.25, -0.2) is 14.8 Å². The molecule has 0 saturated carbocycles. The van der Waals surface area contributed by atoms with Gasteiger partial charge in [-0.05, 0) is 56.7 Å². The third-order valence-corrected chi connectivity index (χ3v) is 7.17. The Morgan fingerprint density at radius 3 is 2.74 bits per heavy atom. The lowest BCUT2D eigenvalue weighted by molar-refractivity contribution is -0.115. The Kier molecular flexibility index (Phi) is 6.62. The molecule has 0 aliphatic carbocycles. The molecule has 10 heteroatoms. The second kappa shape index (κ2) is 9.32. The average molecular weight is 485 g/mol. The number of benzene rings is 1. The second-order valence-corrected chi connectivity index (χ2v) is 11.2. The third-order valence-electron chi connectivity index (χ3n) is 6.06. The number of nitrogens with two attached hydrogens (primary N) is 1. The lowest BCUT2D eigenvalue weighted by Crippen LogP contribution is -2.46. The first-order valence-corrected chi connectivity index (χ1v) is 12.3. The van der Waals surface area contributed by atoms with Crippen LogP contribution in [0.5, 0.6) is 0 Å². The quantitative estimate of drug-likeness (QED) is 0.585. The molecule has 2 aliphatic heterocycles. The molecule has 4 rings (SSSR count). The van der Waals surface area contributed by atoms with E-state index in [-0.39, 0.29) is 17.4 Å². The van der Waals surface area contributed by atoms with E-state index in [0.717, 1.165) is 47.9 Å². The molecule has 1 aromatic carbocycles. The van der Waals surface area contributed by atoms with Gasteiger partial charge in [-0.15, -0.1) is 0 Å². The van der Waals surface area contributed by atoms with E-state index < -0.39 is 5.60 Å². The largest absolute Gasteiger partial charge is 0.444 e. The lowest BCUT2D eigenvalue weighted by atomic mass is 9.80. The molecule has 0 bridgehead atoms. The zero-order valence-corrected chi connectivity index (χ0v) is 20.9. The van der Waals surface area contributed by atoms with Gasteiger partial charge in [0.25, 0.3) is 0 Å². The van der Waals surface area contributed by atoms with Crippen molar-refractivity contribution in [3.05, 3.63) is 30.0 Å². The summed E-state index contributed by atoms with van der Waals surface area (Å²) in [6.07, 6.45) is 3.54. The number of amides is 2. The number of ether oxygens (including phenoxy) is 1. The third kappa shape index (κ3) is 5.72. The normalized spacial score (nSPS) is 17.2. The molecule has 182 valence electrons. The number of anilines is 3. The lowest BCUT2D eigenvalue weighted by Gasteiger charge is -2.40. The minimum atomic E-state index is -0.508. The van der Waals surface area contributed by atoms with Crippen LogP contribution < -0.4 is 21.3 Å². The molecule has 2 amide bonds. The number of rotatable bonds is 5. The summed E-state index contributed by atoms with van der Waals surface area (Å²) in [5.41, 5.74) is 7.56. The van der Waals surface area contributed by atoms with Gasteiger partial charge < -0.3 is 26.0 Å². The molecule has 1 saturated heterocycles. The summed E-state index contributed by atoms with van der Waals surface area (Å²) < 4.78 is 5.35. The fourth-order valence-corrected chi connectivity index (χ4v) is 5.00. The van der Waals surface area contributed by atoms with Crippen molar-refractivity contribution < 1.29 is 14.3 Å². The molecule has 0 radical (unpaired) electrons. The predicted octanol–water partition coefficient (Wildman–Crippen LogP) is 3.84. The summed E-state index contributed by atoms with van der Waals surface area (Å²) in [6.45, 7) is 9.91. The topological polar surface area (TPSA) is 122 Å². The summed E-state index contributed by atoms with van der Waals surface area (Å²) >= 11 is 1.43. The van der Waals surface area contributed by atoms with Crippen LogP contribution in [0.25, 0.3) is 0 Å². The number of aromatic nitrogens is 2. The maximum absolute atomic E-state index is 12.0. The van der Waals surface area contributed by atoms with Crippen LogP contribution >= 0.6 is 11.8 Å². The fourth-order valence-electron chi connectivity index (χ4n) is 4.09. The number of nitrogens with zero attached hydrogens (tertiary/aromatic N) is 3. The summed E-state index contributed by atoms with van der Waals surface area (Å²) in [5, 5.41) is 6.40. The van der Waals surface area contributed by atoms with Crippen molar-refractivity contribution in [2.45, 2.75) is 62.5 Å². The predicted molar refractivity (Wildman–Crippen MR) is 133 cm³/mol. The van der Waals surface area contributed by atoms with Gasteiger partial charge in [0.05, 0.1) is 12.6 Å². The standard InChI is InChI=1S/C24H32N6O3S/c1-23(2,3)33-22(32)27-14-24(4)8-10-30(11-9-24)18-13-26-21(20(25)29-18)34-17-7-5-6-16-15(17)12-19(31)28-16/h5-7,13H,8-12,14H2,1-4H3,(H2,25,29)(H,27,32)(H,28,31). The van der Waals surface area contributed by atoms with Crippen LogP contribution in [0.1, 0.15) is 46.1 Å². The number of nitrogens with one attached hydrogen (secondary N) is 2. The molecule has 34 heavy (non-hydrogen) atoms. The van der Waals surface area contributed by atoms with Gasteiger partial charge in [0.15, 0.2) is 5.82 Å². The highest BCUT2D eigenvalue weighted by Gasteiger charge is 2.32. The molecule has 0 atom stereocenters. The maximum atomic E-state index is 12.0. The Balaban J connectivity index is 1.35. The van der Waals surface area contributed by atoms with E-state index in [1.165, 1.54) is 11.8 Å². The highest BCUT2D eigenvalue weighted by atomic mass is 32.2. The number of carbonyl (C=O) groups is 2. The Bertz CT molecular complexity index is 1090. The van der Waals surface area contributed by atoms with Gasteiger partial charge in [0, 0.05) is 30.2 Å². The Morgan fingerprint density at radius 2 is 2.06 bits per heavy atom. The van der Waals surface area contributed by atoms with Gasteiger partial charge >= 0.3 is 6.09 Å². The van der Waals surface area contributed by atoms with Crippen LogP contribution in [-0.4, -0.2) is 47.2 Å². The molecule has 2 aromatic rings. The smallest absolute Gasteiger partial charge is 0.407 e. The van der Waals surface area contributed by atoms with E-state index in [1.54, 1.807) is 6.20 Å². The Labute approximate surface area is 204 Å². The van der Waals surface area contributed by atoms with Gasteiger partial charge in [-0.1, -0.05) is 24.8 Å². The van der Waals surface area contributed by atoms with Gasteiger partial charge in [0.1, 0.15) is 16.4 Å². The molecule has 3 heterocycles. The second-order valence-electron chi connectivity index (χ2n) is 10.2. The summed E-state index contributed by atoms with van der Waals surface area (Å²) in [6, 6.07) is 5.78. The monoisotopic (exact) mass is 484 g/mol. The molecule has 1 fully saturated rings. The van der Waals surface area contributed by atoms with Crippen molar-refractivity contribution in [1.82, 2.24) is 15.3 Å². The maximum Gasteiger partial charge on any atom is 0.407 e. The highest BCUT2D eigenvalue weighted by Crippen LogP contribution is 2.38. The van der Waals surface area contributed by atoms with Crippen molar-refractivity contribution in [3.8, 4) is 0 Å². The van der Waals surface area contributed by atoms with E-state index in [4.69, 9.17) is 10.5 Å². The van der Waals surface area contributed by atoms with Crippen molar-refractivity contribution in [2.24, 2.45) is 5.41 Å². The number of carbonyl (C=O) groups excluding carboxylic acids is 2. The van der Waals surface area contributed by atoms with E-state index in [1.807, 2.05) is 39.0 Å². The Morgan fingerprint density at radius 1 is 1.32 bits per heavy atom. The minimum absolute atomic E-state index is 0.00385. The van der Waals surface area contributed by atoms with Crippen LogP contribution in [0.15, 0.2) is 34.3 Å². The van der Waals surface area contributed by atoms with Crippen molar-refractivity contribution in [3.63, 3.8) is 0 Å².